The molecule has 3 saturated carbocycles. The van der Waals surface area contributed by atoms with Crippen molar-refractivity contribution in [2.45, 2.75) is 236 Å². The molecule has 0 N–H and O–H groups in total. The molecule has 3 spiro atoms. The Morgan fingerprint density at radius 2 is 0.739 bits per heavy atom. The van der Waals surface area contributed by atoms with E-state index in [1.807, 2.05) is 20.8 Å². The van der Waals surface area contributed by atoms with Crippen LogP contribution in [-0.4, -0.2) is 110 Å². The minimum absolute atomic E-state index is 0.0259. The molecule has 15 fully saturated rings. The Bertz CT molecular complexity index is 1760. The fourth-order valence-corrected chi connectivity index (χ4v) is 17.3. The zero-order chi connectivity index (χ0) is 47.7. The van der Waals surface area contributed by atoms with Gasteiger partial charge in [0, 0.05) is 56.8 Å². The lowest BCUT2D eigenvalue weighted by Crippen LogP contribution is -2.70. The van der Waals surface area contributed by atoms with Crippen LogP contribution in [0.3, 0.4) is 0 Å². The highest BCUT2D eigenvalue weighted by Crippen LogP contribution is 2.64. The third kappa shape index (κ3) is 7.95. The summed E-state index contributed by atoms with van der Waals surface area (Å²) >= 11 is 0. The molecule has 392 valence electrons. The van der Waals surface area contributed by atoms with E-state index in [1.165, 1.54) is 19.3 Å². The number of hydrogen-bond donors (Lipinski definition) is 0. The summed E-state index contributed by atoms with van der Waals surface area (Å²) in [5.41, 5.74) is -1.72. The summed E-state index contributed by atoms with van der Waals surface area (Å²) in [6, 6.07) is 0. The number of ether oxygens (including phenoxy) is 9. The second-order valence-electron chi connectivity index (χ2n) is 25.3. The maximum absolute atomic E-state index is 6.95. The maximum atomic E-state index is 6.95. The van der Waals surface area contributed by atoms with E-state index < -0.39 is 53.0 Å². The van der Waals surface area contributed by atoms with Gasteiger partial charge in [-0.05, 0) is 151 Å². The molecule has 0 radical (unpaired) electrons. The van der Waals surface area contributed by atoms with Gasteiger partial charge >= 0.3 is 0 Å². The normalized spacial score (nSPS) is 56.3. The highest BCUT2D eigenvalue weighted by atomic mass is 17.3. The van der Waals surface area contributed by atoms with Crippen LogP contribution in [0.2, 0.25) is 0 Å². The third-order valence-corrected chi connectivity index (χ3v) is 21.3. The minimum Gasteiger partial charge on any atom is -0.379 e. The van der Waals surface area contributed by atoms with E-state index in [4.69, 9.17) is 72.0 Å². The van der Waals surface area contributed by atoms with Crippen LogP contribution in [0.4, 0.5) is 0 Å². The predicted molar refractivity (Wildman–Crippen MR) is 246 cm³/mol. The van der Waals surface area contributed by atoms with Crippen LogP contribution in [0.15, 0.2) is 0 Å². The van der Waals surface area contributed by atoms with Crippen molar-refractivity contribution in [1.29, 1.82) is 0 Å². The van der Waals surface area contributed by atoms with Gasteiger partial charge in [-0.3, -0.25) is 0 Å². The Balaban J connectivity index is 0.696. The molecule has 3 unspecified atom stereocenters. The lowest BCUT2D eigenvalue weighted by atomic mass is 9.57. The molecular weight excluding hydrogens is 889 g/mol. The van der Waals surface area contributed by atoms with Gasteiger partial charge < -0.3 is 42.6 Å². The average Bonchev–Trinajstić information content (AvgIpc) is 3.81. The Morgan fingerprint density at radius 1 is 0.406 bits per heavy atom. The molecule has 12 heterocycles. The second kappa shape index (κ2) is 18.3. The highest BCUT2D eigenvalue weighted by molar-refractivity contribution is 5.13. The Labute approximate surface area is 411 Å². The second-order valence-corrected chi connectivity index (χ2v) is 25.3. The van der Waals surface area contributed by atoms with Crippen molar-refractivity contribution in [1.82, 2.24) is 0 Å². The van der Waals surface area contributed by atoms with Crippen molar-refractivity contribution in [2.24, 2.45) is 71.0 Å². The van der Waals surface area contributed by atoms with Crippen molar-refractivity contribution in [3.63, 3.8) is 0 Å². The van der Waals surface area contributed by atoms with Crippen LogP contribution in [0, 0.1) is 71.0 Å². The number of fused-ring (bicyclic) bond motifs is 6. The summed E-state index contributed by atoms with van der Waals surface area (Å²) in [6.45, 7) is 22.4. The van der Waals surface area contributed by atoms with E-state index in [1.54, 1.807) is 0 Å². The first kappa shape index (κ1) is 49.3. The van der Waals surface area contributed by atoms with Gasteiger partial charge in [0.25, 0.3) is 0 Å². The van der Waals surface area contributed by atoms with Gasteiger partial charge in [0.2, 0.25) is 17.4 Å². The molecular formula is C54H86O15. The molecule has 0 aromatic rings. The van der Waals surface area contributed by atoms with Gasteiger partial charge in [0.05, 0.1) is 31.5 Å². The lowest BCUT2D eigenvalue weighted by Gasteiger charge is -2.60. The molecule has 6 bridgehead atoms. The molecule has 12 saturated heterocycles. The van der Waals surface area contributed by atoms with E-state index in [-0.39, 0.29) is 59.9 Å². The van der Waals surface area contributed by atoms with Crippen molar-refractivity contribution in [2.75, 3.05) is 33.0 Å². The summed E-state index contributed by atoms with van der Waals surface area (Å²) < 4.78 is 60.6. The zero-order valence-corrected chi connectivity index (χ0v) is 43.2. The quantitative estimate of drug-likeness (QED) is 0.121. The van der Waals surface area contributed by atoms with Crippen molar-refractivity contribution in [3.05, 3.63) is 0 Å². The third-order valence-electron chi connectivity index (χ3n) is 21.3. The van der Waals surface area contributed by atoms with E-state index in [9.17, 15) is 0 Å². The summed E-state index contributed by atoms with van der Waals surface area (Å²) in [6.07, 6.45) is 12.7. The van der Waals surface area contributed by atoms with Gasteiger partial charge in [-0.2, -0.15) is 0 Å². The van der Waals surface area contributed by atoms with Gasteiger partial charge in [0.15, 0.2) is 35.7 Å². The Morgan fingerprint density at radius 3 is 1.09 bits per heavy atom. The molecule has 15 nitrogen and oxygen atoms in total. The van der Waals surface area contributed by atoms with E-state index in [0.717, 1.165) is 77.0 Å². The fourth-order valence-electron chi connectivity index (χ4n) is 17.3. The minimum atomic E-state index is -0.803. The molecule has 15 aliphatic rings. The van der Waals surface area contributed by atoms with Gasteiger partial charge in [-0.25, -0.2) is 29.3 Å². The maximum Gasteiger partial charge on any atom is 0.201 e. The van der Waals surface area contributed by atoms with Crippen LogP contribution in [-0.2, 0) is 72.0 Å². The molecule has 12 aliphatic heterocycles. The van der Waals surface area contributed by atoms with E-state index >= 15 is 0 Å². The average molecular weight is 975 g/mol. The standard InChI is InChI=1S/C54H86O15/c1-30-10-13-40-33(4)43(58-46-52(40)37(30)16-22-49(7,61-46)64-67-52)19-25-55-28-36(57-27-21-45-35(6)42-15-12-32(3)39-18-24-51(9)63-48(60-45)54(39,42)69-66-51)29-56-26-20-44-34(5)41-14-11-31(2)38-17-23-50(8)62-47(59-44)53(38,41)68-65-50/h30-48H,10-29H2,1-9H3/t30-,31-,32-,33-,34-,35-,36?,37+,38+,39+,40+,41+,42+,43?,44?,45?,46-,47-,48-,49+,50+,51+,52-,53-,54-/m1/s1. The topological polar surface area (TPSA) is 138 Å². The molecule has 15 heteroatoms. The summed E-state index contributed by atoms with van der Waals surface area (Å²) in [5, 5.41) is 0. The van der Waals surface area contributed by atoms with Gasteiger partial charge in [-0.15, -0.1) is 0 Å². The van der Waals surface area contributed by atoms with Crippen molar-refractivity contribution < 1.29 is 72.0 Å². The van der Waals surface area contributed by atoms with E-state index in [2.05, 4.69) is 41.5 Å². The number of rotatable bonds is 14. The molecule has 0 amide bonds. The molecule has 0 aromatic heterocycles. The summed E-state index contributed by atoms with van der Waals surface area (Å²) in [7, 11) is 0. The van der Waals surface area contributed by atoms with Crippen molar-refractivity contribution >= 4 is 0 Å². The van der Waals surface area contributed by atoms with Crippen molar-refractivity contribution in [3.8, 4) is 0 Å². The molecule has 0 aromatic carbocycles. The monoisotopic (exact) mass is 975 g/mol. The lowest BCUT2D eigenvalue weighted by molar-refractivity contribution is -0.571. The van der Waals surface area contributed by atoms with Crippen LogP contribution < -0.4 is 0 Å². The fraction of sp³-hybridized carbons (Fsp3) is 1.00. The molecule has 69 heavy (non-hydrogen) atoms. The first-order chi connectivity index (χ1) is 33.1. The van der Waals surface area contributed by atoms with Crippen LogP contribution >= 0.6 is 0 Å². The first-order valence-corrected chi connectivity index (χ1v) is 28.0. The molecule has 3 aliphatic carbocycles. The number of hydrogen-bond acceptors (Lipinski definition) is 15. The van der Waals surface area contributed by atoms with Crippen LogP contribution in [0.25, 0.3) is 0 Å². The first-order valence-electron chi connectivity index (χ1n) is 28.0. The van der Waals surface area contributed by atoms with E-state index in [0.29, 0.717) is 68.5 Å². The summed E-state index contributed by atoms with van der Waals surface area (Å²) in [5.74, 6) is 1.83. The summed E-state index contributed by atoms with van der Waals surface area (Å²) in [4.78, 5) is 37.5. The SMILES string of the molecule is C[C@@H]1CC[C@H]2[C@@H](C)C(CCOCC(COCCC3O[C@@H]4O[C@]5(C)CC[C@H]6[C@H](C)CC[C@@H]([C@H]3C)[C@@]46OO5)OCCC3O[C@@H]4O[C@]5(C)CC[C@H]6[C@H](C)CC[C@@H]([C@H]3C)[C@@]46OO5)O[C@@H]3O[C@]4(C)CC[C@@H]1[C@]32OO4. The zero-order valence-electron chi connectivity index (χ0n) is 43.2. The van der Waals surface area contributed by atoms with Gasteiger partial charge in [-0.1, -0.05) is 41.5 Å². The smallest absolute Gasteiger partial charge is 0.201 e. The van der Waals surface area contributed by atoms with Crippen LogP contribution in [0.5, 0.6) is 0 Å². The van der Waals surface area contributed by atoms with Crippen LogP contribution in [0.1, 0.15) is 159 Å². The van der Waals surface area contributed by atoms with Gasteiger partial charge in [0.1, 0.15) is 6.10 Å². The Kier molecular flexibility index (Phi) is 13.1. The Hall–Kier alpha value is -0.600. The molecule has 24 atom stereocenters. The highest BCUT2D eigenvalue weighted by Gasteiger charge is 2.72. The largest absolute Gasteiger partial charge is 0.379 e. The molecule has 15 rings (SSSR count). The predicted octanol–water partition coefficient (Wildman–Crippen LogP) is 9.33.